The van der Waals surface area contributed by atoms with Crippen molar-refractivity contribution in [1.82, 2.24) is 25.3 Å². The number of unbranched alkanes of at least 4 members (excludes halogenated alkanes) is 1. The van der Waals surface area contributed by atoms with Gasteiger partial charge in [0.05, 0.1) is 17.5 Å². The third-order valence-electron chi connectivity index (χ3n) is 4.18. The topological polar surface area (TPSA) is 85.8 Å². The molecule has 0 atom stereocenters. The van der Waals surface area contributed by atoms with Gasteiger partial charge in [-0.25, -0.2) is 0 Å². The number of hydrogen-bond acceptors (Lipinski definition) is 5. The fourth-order valence-corrected chi connectivity index (χ4v) is 2.63. The molecule has 0 aliphatic carbocycles. The minimum absolute atomic E-state index is 0.000242. The summed E-state index contributed by atoms with van der Waals surface area (Å²) in [5.41, 5.74) is 1.86. The molecule has 0 fully saturated rings. The van der Waals surface area contributed by atoms with Gasteiger partial charge >= 0.3 is 11.8 Å². The normalized spacial score (nSPS) is 11.2. The van der Waals surface area contributed by atoms with Crippen LogP contribution in [-0.2, 0) is 13.0 Å². The van der Waals surface area contributed by atoms with E-state index >= 15 is 0 Å². The first-order chi connectivity index (χ1) is 11.6. The van der Waals surface area contributed by atoms with Crippen molar-refractivity contribution < 1.29 is 9.21 Å². The van der Waals surface area contributed by atoms with Gasteiger partial charge in [-0.3, -0.25) is 9.48 Å². The van der Waals surface area contributed by atoms with E-state index < -0.39 is 0 Å². The molecule has 2 heterocycles. The minimum atomic E-state index is -0.320. The first-order valence-electron chi connectivity index (χ1n) is 8.83. The van der Waals surface area contributed by atoms with Crippen molar-refractivity contribution in [2.45, 2.75) is 72.4 Å². The summed E-state index contributed by atoms with van der Waals surface area (Å²) in [7, 11) is 0. The third kappa shape index (κ3) is 4.01. The summed E-state index contributed by atoms with van der Waals surface area (Å²) in [6.45, 7) is 9.16. The minimum Gasteiger partial charge on any atom is -0.412 e. The van der Waals surface area contributed by atoms with Gasteiger partial charge in [0.15, 0.2) is 0 Å². The highest BCUT2D eigenvalue weighted by molar-refractivity contribution is 5.89. The SMILES string of the molecule is CCCCn1ncc(-c2nnc(C(=O)NC(CC)CC)o2)c1CC. The summed E-state index contributed by atoms with van der Waals surface area (Å²) in [5.74, 6) is 0.0310. The number of hydrogen-bond donors (Lipinski definition) is 1. The van der Waals surface area contributed by atoms with Gasteiger partial charge in [0.25, 0.3) is 5.89 Å². The summed E-state index contributed by atoms with van der Waals surface area (Å²) in [5, 5.41) is 15.3. The highest BCUT2D eigenvalue weighted by Crippen LogP contribution is 2.23. The molecular weight excluding hydrogens is 306 g/mol. The van der Waals surface area contributed by atoms with E-state index in [0.717, 1.165) is 49.9 Å². The number of carbonyl (C=O) groups excluding carboxylic acids is 1. The molecule has 132 valence electrons. The van der Waals surface area contributed by atoms with Crippen LogP contribution in [0.5, 0.6) is 0 Å². The van der Waals surface area contributed by atoms with E-state index in [4.69, 9.17) is 4.42 Å². The number of amides is 1. The molecule has 0 saturated carbocycles. The molecule has 0 saturated heterocycles. The number of nitrogens with one attached hydrogen (secondary N) is 1. The van der Waals surface area contributed by atoms with Crippen LogP contribution in [0.2, 0.25) is 0 Å². The van der Waals surface area contributed by atoms with E-state index in [2.05, 4.69) is 34.5 Å². The van der Waals surface area contributed by atoms with Crippen molar-refractivity contribution in [3.63, 3.8) is 0 Å². The Hall–Kier alpha value is -2.18. The van der Waals surface area contributed by atoms with Gasteiger partial charge in [0.2, 0.25) is 0 Å². The maximum absolute atomic E-state index is 12.2. The van der Waals surface area contributed by atoms with Crippen LogP contribution in [0.15, 0.2) is 10.6 Å². The van der Waals surface area contributed by atoms with Gasteiger partial charge in [-0.2, -0.15) is 5.10 Å². The Kier molecular flexibility index (Phi) is 6.52. The molecule has 24 heavy (non-hydrogen) atoms. The van der Waals surface area contributed by atoms with Gasteiger partial charge in [0.1, 0.15) is 0 Å². The van der Waals surface area contributed by atoms with Crippen LogP contribution in [-0.4, -0.2) is 31.9 Å². The van der Waals surface area contributed by atoms with Crippen LogP contribution in [0.3, 0.4) is 0 Å². The number of rotatable bonds is 9. The molecule has 2 rings (SSSR count). The second-order valence-electron chi connectivity index (χ2n) is 5.83. The van der Waals surface area contributed by atoms with Crippen molar-refractivity contribution in [2.75, 3.05) is 0 Å². The maximum atomic E-state index is 12.2. The van der Waals surface area contributed by atoms with Gasteiger partial charge in [0, 0.05) is 12.6 Å². The van der Waals surface area contributed by atoms with E-state index in [1.54, 1.807) is 6.20 Å². The Balaban J connectivity index is 2.18. The van der Waals surface area contributed by atoms with Gasteiger partial charge in [-0.15, -0.1) is 10.2 Å². The zero-order valence-electron chi connectivity index (χ0n) is 15.0. The summed E-state index contributed by atoms with van der Waals surface area (Å²) in [6.07, 6.45) is 6.47. The second kappa shape index (κ2) is 8.61. The second-order valence-corrected chi connectivity index (χ2v) is 5.83. The monoisotopic (exact) mass is 333 g/mol. The van der Waals surface area contributed by atoms with Crippen LogP contribution in [0.25, 0.3) is 11.5 Å². The Morgan fingerprint density at radius 1 is 1.25 bits per heavy atom. The number of carbonyl (C=O) groups is 1. The molecule has 0 spiro atoms. The van der Waals surface area contributed by atoms with Crippen molar-refractivity contribution in [3.05, 3.63) is 17.8 Å². The summed E-state index contributed by atoms with van der Waals surface area (Å²) >= 11 is 0. The van der Waals surface area contributed by atoms with Crippen molar-refractivity contribution in [2.24, 2.45) is 0 Å². The average Bonchev–Trinajstić information content (AvgIpc) is 3.23. The van der Waals surface area contributed by atoms with Crippen LogP contribution < -0.4 is 5.32 Å². The molecule has 0 aliphatic heterocycles. The molecule has 0 unspecified atom stereocenters. The Bertz CT molecular complexity index is 658. The summed E-state index contributed by atoms with van der Waals surface area (Å²) in [4.78, 5) is 12.2. The fraction of sp³-hybridized carbons (Fsp3) is 0.647. The maximum Gasteiger partial charge on any atom is 0.309 e. The largest absolute Gasteiger partial charge is 0.412 e. The quantitative estimate of drug-likeness (QED) is 0.761. The fourth-order valence-electron chi connectivity index (χ4n) is 2.63. The van der Waals surface area contributed by atoms with Crippen LogP contribution in [0.1, 0.15) is 69.8 Å². The standard InChI is InChI=1S/C17H27N5O2/c1-5-9-10-22-14(8-4)13(11-18-22)16-20-21-17(24-16)15(23)19-12(6-2)7-3/h11-12H,5-10H2,1-4H3,(H,19,23). The van der Waals surface area contributed by atoms with Crippen LogP contribution in [0.4, 0.5) is 0 Å². The first kappa shape index (κ1) is 18.2. The van der Waals surface area contributed by atoms with E-state index in [0.29, 0.717) is 5.89 Å². The smallest absolute Gasteiger partial charge is 0.309 e. The number of aryl methyl sites for hydroxylation is 1. The Labute approximate surface area is 142 Å². The lowest BCUT2D eigenvalue weighted by atomic mass is 10.2. The van der Waals surface area contributed by atoms with Crippen molar-refractivity contribution in [1.29, 1.82) is 0 Å². The van der Waals surface area contributed by atoms with E-state index in [1.165, 1.54) is 0 Å². The van der Waals surface area contributed by atoms with Gasteiger partial charge in [-0.05, 0) is 25.7 Å². The highest BCUT2D eigenvalue weighted by atomic mass is 16.4. The number of aromatic nitrogens is 4. The van der Waals surface area contributed by atoms with Gasteiger partial charge in [-0.1, -0.05) is 34.1 Å². The van der Waals surface area contributed by atoms with E-state index in [-0.39, 0.29) is 17.8 Å². The average molecular weight is 333 g/mol. The molecule has 0 bridgehead atoms. The summed E-state index contributed by atoms with van der Waals surface area (Å²) < 4.78 is 7.57. The van der Waals surface area contributed by atoms with Crippen molar-refractivity contribution >= 4 is 5.91 Å². The van der Waals surface area contributed by atoms with Crippen LogP contribution >= 0.6 is 0 Å². The first-order valence-corrected chi connectivity index (χ1v) is 8.83. The lowest BCUT2D eigenvalue weighted by molar-refractivity contribution is 0.0900. The Morgan fingerprint density at radius 3 is 2.62 bits per heavy atom. The van der Waals surface area contributed by atoms with Crippen molar-refractivity contribution in [3.8, 4) is 11.5 Å². The molecule has 1 N–H and O–H groups in total. The molecule has 7 nitrogen and oxygen atoms in total. The molecular formula is C17H27N5O2. The van der Waals surface area contributed by atoms with E-state index in [9.17, 15) is 4.79 Å². The number of nitrogens with zero attached hydrogens (tertiary/aromatic N) is 4. The third-order valence-corrected chi connectivity index (χ3v) is 4.18. The molecule has 2 aromatic heterocycles. The lowest BCUT2D eigenvalue weighted by Gasteiger charge is -2.12. The zero-order chi connectivity index (χ0) is 17.5. The predicted molar refractivity (Wildman–Crippen MR) is 91.6 cm³/mol. The molecule has 1 amide bonds. The molecule has 0 aliphatic rings. The summed E-state index contributed by atoms with van der Waals surface area (Å²) in [6, 6.07) is 0.121. The Morgan fingerprint density at radius 2 is 2.00 bits per heavy atom. The lowest BCUT2D eigenvalue weighted by Crippen LogP contribution is -2.34. The van der Waals surface area contributed by atoms with Gasteiger partial charge < -0.3 is 9.73 Å². The molecule has 0 radical (unpaired) electrons. The predicted octanol–water partition coefficient (Wildman–Crippen LogP) is 3.21. The molecule has 0 aromatic carbocycles. The zero-order valence-corrected chi connectivity index (χ0v) is 15.0. The van der Waals surface area contributed by atoms with Crippen LogP contribution in [0, 0.1) is 0 Å². The highest BCUT2D eigenvalue weighted by Gasteiger charge is 2.21. The molecule has 2 aromatic rings. The molecule has 7 heteroatoms. The van der Waals surface area contributed by atoms with E-state index in [1.807, 2.05) is 18.5 Å².